The summed E-state index contributed by atoms with van der Waals surface area (Å²) in [6.07, 6.45) is 2.41. The SMILES string of the molecule is Cc1nnc(CNC(=NCc2ccccc2OC(C)(C)C)NCC2CCCO2)n1C. The molecular formula is C22H34N6O2. The molecule has 0 spiro atoms. The van der Waals surface area contributed by atoms with E-state index in [0.717, 1.165) is 54.9 Å². The van der Waals surface area contributed by atoms with Crippen LogP contribution in [0.15, 0.2) is 29.3 Å². The van der Waals surface area contributed by atoms with Gasteiger partial charge in [0.1, 0.15) is 17.2 Å². The maximum absolute atomic E-state index is 6.10. The molecule has 1 unspecified atom stereocenters. The Balaban J connectivity index is 1.70. The molecule has 0 bridgehead atoms. The van der Waals surface area contributed by atoms with Gasteiger partial charge in [-0.1, -0.05) is 18.2 Å². The van der Waals surface area contributed by atoms with Crippen LogP contribution in [0.3, 0.4) is 0 Å². The Morgan fingerprint density at radius 3 is 2.73 bits per heavy atom. The number of aromatic nitrogens is 3. The lowest BCUT2D eigenvalue weighted by molar-refractivity contribution is 0.113. The van der Waals surface area contributed by atoms with E-state index in [1.54, 1.807) is 0 Å². The van der Waals surface area contributed by atoms with Gasteiger partial charge in [-0.2, -0.15) is 0 Å². The van der Waals surface area contributed by atoms with Crippen molar-refractivity contribution in [1.29, 1.82) is 0 Å². The maximum atomic E-state index is 6.10. The predicted octanol–water partition coefficient (Wildman–Crippen LogP) is 2.72. The summed E-state index contributed by atoms with van der Waals surface area (Å²) in [5.41, 5.74) is 0.780. The van der Waals surface area contributed by atoms with E-state index in [9.17, 15) is 0 Å². The normalized spacial score (nSPS) is 17.2. The van der Waals surface area contributed by atoms with Crippen molar-refractivity contribution in [1.82, 2.24) is 25.4 Å². The third-order valence-corrected chi connectivity index (χ3v) is 4.91. The Morgan fingerprint density at radius 1 is 1.27 bits per heavy atom. The fraction of sp³-hybridized carbons (Fsp3) is 0.591. The van der Waals surface area contributed by atoms with Gasteiger partial charge >= 0.3 is 0 Å². The Morgan fingerprint density at radius 2 is 2.07 bits per heavy atom. The fourth-order valence-corrected chi connectivity index (χ4v) is 3.19. The van der Waals surface area contributed by atoms with Gasteiger partial charge in [0.15, 0.2) is 11.8 Å². The largest absolute Gasteiger partial charge is 0.488 e. The second-order valence-corrected chi connectivity index (χ2v) is 8.58. The van der Waals surface area contributed by atoms with Gasteiger partial charge in [-0.25, -0.2) is 4.99 Å². The van der Waals surface area contributed by atoms with E-state index in [4.69, 9.17) is 14.5 Å². The highest BCUT2D eigenvalue weighted by Crippen LogP contribution is 2.23. The number of benzene rings is 1. The molecule has 2 heterocycles. The van der Waals surface area contributed by atoms with Crippen LogP contribution < -0.4 is 15.4 Å². The highest BCUT2D eigenvalue weighted by Gasteiger charge is 2.17. The number of para-hydroxylation sites is 1. The van der Waals surface area contributed by atoms with E-state index in [0.29, 0.717) is 13.1 Å². The molecule has 0 saturated carbocycles. The number of aliphatic imine (C=N–C) groups is 1. The molecule has 1 saturated heterocycles. The van der Waals surface area contributed by atoms with E-state index in [2.05, 4.69) is 20.8 Å². The van der Waals surface area contributed by atoms with Crippen molar-refractivity contribution < 1.29 is 9.47 Å². The Hall–Kier alpha value is -2.61. The second kappa shape index (κ2) is 9.93. The summed E-state index contributed by atoms with van der Waals surface area (Å²) in [4.78, 5) is 4.80. The number of rotatable bonds is 7. The molecule has 3 rings (SSSR count). The van der Waals surface area contributed by atoms with E-state index >= 15 is 0 Å². The van der Waals surface area contributed by atoms with Crippen LogP contribution in [0.1, 0.15) is 50.8 Å². The molecule has 0 radical (unpaired) electrons. The number of hydrogen-bond acceptors (Lipinski definition) is 5. The standard InChI is InChI=1S/C22H34N6O2/c1-16-26-27-20(28(16)5)15-25-21(24-14-18-10-8-12-29-18)23-13-17-9-6-7-11-19(17)30-22(2,3)4/h6-7,9,11,18H,8,10,12-15H2,1-5H3,(H2,23,24,25). The lowest BCUT2D eigenvalue weighted by atomic mass is 10.1. The Bertz CT molecular complexity index is 850. The summed E-state index contributed by atoms with van der Waals surface area (Å²) < 4.78 is 13.8. The lowest BCUT2D eigenvalue weighted by Crippen LogP contribution is -2.41. The topological polar surface area (TPSA) is 85.6 Å². The van der Waals surface area contributed by atoms with Crippen LogP contribution in [0.2, 0.25) is 0 Å². The monoisotopic (exact) mass is 414 g/mol. The predicted molar refractivity (Wildman–Crippen MR) is 118 cm³/mol. The summed E-state index contributed by atoms with van der Waals surface area (Å²) in [6.45, 7) is 10.7. The first-order valence-electron chi connectivity index (χ1n) is 10.6. The van der Waals surface area contributed by atoms with Gasteiger partial charge in [-0.05, 0) is 46.6 Å². The smallest absolute Gasteiger partial charge is 0.192 e. The average molecular weight is 415 g/mol. The fourth-order valence-electron chi connectivity index (χ4n) is 3.19. The van der Waals surface area contributed by atoms with Crippen molar-refractivity contribution in [3.63, 3.8) is 0 Å². The van der Waals surface area contributed by atoms with Crippen LogP contribution >= 0.6 is 0 Å². The van der Waals surface area contributed by atoms with Gasteiger partial charge in [0.25, 0.3) is 0 Å². The molecule has 164 valence electrons. The number of aryl methyl sites for hydroxylation is 1. The average Bonchev–Trinajstić information content (AvgIpc) is 3.32. The van der Waals surface area contributed by atoms with Crippen molar-refractivity contribution >= 4 is 5.96 Å². The molecule has 1 aliphatic rings. The minimum Gasteiger partial charge on any atom is -0.488 e. The van der Waals surface area contributed by atoms with Gasteiger partial charge in [0, 0.05) is 25.8 Å². The number of nitrogens with one attached hydrogen (secondary N) is 2. The molecule has 30 heavy (non-hydrogen) atoms. The number of ether oxygens (including phenoxy) is 2. The van der Waals surface area contributed by atoms with E-state index in [1.807, 2.05) is 63.6 Å². The van der Waals surface area contributed by atoms with Crippen molar-refractivity contribution in [2.24, 2.45) is 12.0 Å². The summed E-state index contributed by atoms with van der Waals surface area (Å²) in [6, 6.07) is 8.04. The molecule has 1 atom stereocenters. The van der Waals surface area contributed by atoms with Gasteiger partial charge in [0.2, 0.25) is 0 Å². The zero-order valence-electron chi connectivity index (χ0n) is 18.7. The first-order chi connectivity index (χ1) is 14.3. The van der Waals surface area contributed by atoms with Crippen LogP contribution in [-0.2, 0) is 24.9 Å². The molecule has 8 nitrogen and oxygen atoms in total. The molecule has 1 fully saturated rings. The zero-order chi connectivity index (χ0) is 21.6. The van der Waals surface area contributed by atoms with Crippen LogP contribution in [0.5, 0.6) is 5.75 Å². The molecule has 0 amide bonds. The second-order valence-electron chi connectivity index (χ2n) is 8.58. The molecule has 8 heteroatoms. The molecule has 2 aromatic rings. The number of hydrogen-bond donors (Lipinski definition) is 2. The third kappa shape index (κ3) is 6.45. The first kappa shape index (κ1) is 22.1. The minimum atomic E-state index is -0.262. The molecular weight excluding hydrogens is 380 g/mol. The molecule has 0 aliphatic carbocycles. The van der Waals surface area contributed by atoms with Gasteiger partial charge in [0.05, 0.1) is 19.2 Å². The maximum Gasteiger partial charge on any atom is 0.192 e. The van der Waals surface area contributed by atoms with E-state index in [-0.39, 0.29) is 11.7 Å². The Kier molecular flexibility index (Phi) is 7.31. The van der Waals surface area contributed by atoms with E-state index in [1.165, 1.54) is 0 Å². The van der Waals surface area contributed by atoms with Gasteiger partial charge < -0.3 is 24.7 Å². The summed E-state index contributed by atoms with van der Waals surface area (Å²) in [5.74, 6) is 3.31. The highest BCUT2D eigenvalue weighted by molar-refractivity contribution is 5.79. The number of guanidine groups is 1. The highest BCUT2D eigenvalue weighted by atomic mass is 16.5. The molecule has 1 aromatic carbocycles. The van der Waals surface area contributed by atoms with Crippen molar-refractivity contribution in [3.05, 3.63) is 41.5 Å². The van der Waals surface area contributed by atoms with Gasteiger partial charge in [-0.3, -0.25) is 0 Å². The van der Waals surface area contributed by atoms with Crippen LogP contribution in [0.4, 0.5) is 0 Å². The minimum absolute atomic E-state index is 0.227. The molecule has 2 N–H and O–H groups in total. The quantitative estimate of drug-likeness (QED) is 0.535. The van der Waals surface area contributed by atoms with Crippen molar-refractivity contribution in [2.75, 3.05) is 13.2 Å². The Labute approximate surface area is 179 Å². The summed E-state index contributed by atoms with van der Waals surface area (Å²) >= 11 is 0. The van der Waals surface area contributed by atoms with Crippen molar-refractivity contribution in [2.45, 2.75) is 65.3 Å². The van der Waals surface area contributed by atoms with Crippen LogP contribution in [0, 0.1) is 6.92 Å². The van der Waals surface area contributed by atoms with Gasteiger partial charge in [-0.15, -0.1) is 10.2 Å². The first-order valence-corrected chi connectivity index (χ1v) is 10.6. The zero-order valence-corrected chi connectivity index (χ0v) is 18.7. The lowest BCUT2D eigenvalue weighted by Gasteiger charge is -2.23. The summed E-state index contributed by atoms with van der Waals surface area (Å²) in [7, 11) is 1.96. The summed E-state index contributed by atoms with van der Waals surface area (Å²) in [5, 5.41) is 15.1. The third-order valence-electron chi connectivity index (χ3n) is 4.91. The molecule has 1 aromatic heterocycles. The molecule has 1 aliphatic heterocycles. The van der Waals surface area contributed by atoms with Crippen LogP contribution in [-0.4, -0.2) is 45.6 Å². The van der Waals surface area contributed by atoms with E-state index < -0.39 is 0 Å². The number of nitrogens with zero attached hydrogens (tertiary/aromatic N) is 4. The van der Waals surface area contributed by atoms with Crippen molar-refractivity contribution in [3.8, 4) is 5.75 Å². The van der Waals surface area contributed by atoms with Crippen LogP contribution in [0.25, 0.3) is 0 Å².